The van der Waals surface area contributed by atoms with Gasteiger partial charge in [-0.15, -0.1) is 0 Å². The van der Waals surface area contributed by atoms with Crippen molar-refractivity contribution in [1.82, 2.24) is 5.32 Å². The number of amides is 1. The van der Waals surface area contributed by atoms with Crippen molar-refractivity contribution in [3.63, 3.8) is 0 Å². The summed E-state index contributed by atoms with van der Waals surface area (Å²) in [6.07, 6.45) is 0.699. The Morgan fingerprint density at radius 1 is 1.31 bits per heavy atom. The van der Waals surface area contributed by atoms with Crippen molar-refractivity contribution in [1.29, 1.82) is 0 Å². The van der Waals surface area contributed by atoms with Crippen LogP contribution in [0.15, 0.2) is 24.3 Å². The number of aromatic carboxylic acids is 1. The van der Waals surface area contributed by atoms with Gasteiger partial charge in [0.25, 0.3) is 5.91 Å². The van der Waals surface area contributed by atoms with Crippen molar-refractivity contribution < 1.29 is 14.7 Å². The zero-order valence-electron chi connectivity index (χ0n) is 8.77. The molecule has 4 N–H and O–H groups in total. The molecule has 0 aliphatic rings. The lowest BCUT2D eigenvalue weighted by atomic mass is 10.1. The molecule has 0 atom stereocenters. The highest BCUT2D eigenvalue weighted by Crippen LogP contribution is 2.05. The van der Waals surface area contributed by atoms with E-state index in [1.165, 1.54) is 12.1 Å². The lowest BCUT2D eigenvalue weighted by molar-refractivity contribution is 0.0697. The molecule has 0 heterocycles. The number of rotatable bonds is 5. The summed E-state index contributed by atoms with van der Waals surface area (Å²) in [6.45, 7) is 1.00. The molecule has 0 spiro atoms. The predicted octanol–water partition coefficient (Wildman–Crippen LogP) is 0.463. The number of carboxylic acid groups (broad SMARTS) is 1. The monoisotopic (exact) mass is 222 g/mol. The van der Waals surface area contributed by atoms with Crippen molar-refractivity contribution in [2.75, 3.05) is 13.1 Å². The van der Waals surface area contributed by atoms with Crippen molar-refractivity contribution in [3.05, 3.63) is 35.4 Å². The number of carboxylic acids is 1. The summed E-state index contributed by atoms with van der Waals surface area (Å²) in [4.78, 5) is 22.2. The maximum atomic E-state index is 11.5. The van der Waals surface area contributed by atoms with Crippen LogP contribution >= 0.6 is 0 Å². The van der Waals surface area contributed by atoms with E-state index in [1.807, 2.05) is 0 Å². The normalized spacial score (nSPS) is 9.81. The minimum absolute atomic E-state index is 0.103. The van der Waals surface area contributed by atoms with E-state index in [9.17, 15) is 9.59 Å². The van der Waals surface area contributed by atoms with Gasteiger partial charge in [-0.1, -0.05) is 6.07 Å². The highest BCUT2D eigenvalue weighted by atomic mass is 16.4. The average molecular weight is 222 g/mol. The maximum Gasteiger partial charge on any atom is 0.335 e. The van der Waals surface area contributed by atoms with Gasteiger partial charge in [0.2, 0.25) is 0 Å². The summed E-state index contributed by atoms with van der Waals surface area (Å²) >= 11 is 0. The molecule has 0 fully saturated rings. The molecule has 16 heavy (non-hydrogen) atoms. The van der Waals surface area contributed by atoms with E-state index in [0.717, 1.165) is 0 Å². The minimum atomic E-state index is -1.04. The largest absolute Gasteiger partial charge is 0.478 e. The second-order valence-electron chi connectivity index (χ2n) is 3.28. The third-order valence-corrected chi connectivity index (χ3v) is 2.04. The summed E-state index contributed by atoms with van der Waals surface area (Å²) in [5, 5.41) is 11.4. The van der Waals surface area contributed by atoms with Crippen LogP contribution in [0.3, 0.4) is 0 Å². The van der Waals surface area contributed by atoms with E-state index >= 15 is 0 Å². The third kappa shape index (κ3) is 3.36. The molecule has 0 bridgehead atoms. The van der Waals surface area contributed by atoms with E-state index in [1.54, 1.807) is 12.1 Å². The van der Waals surface area contributed by atoms with Gasteiger partial charge in [-0.2, -0.15) is 0 Å². The van der Waals surface area contributed by atoms with Gasteiger partial charge in [0.15, 0.2) is 0 Å². The molecule has 0 aliphatic heterocycles. The molecule has 0 aromatic heterocycles. The minimum Gasteiger partial charge on any atom is -0.478 e. The highest BCUT2D eigenvalue weighted by Gasteiger charge is 2.08. The first-order valence-corrected chi connectivity index (χ1v) is 4.97. The van der Waals surface area contributed by atoms with E-state index < -0.39 is 5.97 Å². The Morgan fingerprint density at radius 2 is 2.00 bits per heavy atom. The average Bonchev–Trinajstić information content (AvgIpc) is 2.29. The number of benzene rings is 1. The second-order valence-corrected chi connectivity index (χ2v) is 3.28. The highest BCUT2D eigenvalue weighted by molar-refractivity contribution is 5.97. The Morgan fingerprint density at radius 3 is 2.62 bits per heavy atom. The van der Waals surface area contributed by atoms with Gasteiger partial charge >= 0.3 is 5.97 Å². The number of nitrogens with one attached hydrogen (secondary N) is 1. The van der Waals surface area contributed by atoms with Crippen LogP contribution < -0.4 is 11.1 Å². The summed E-state index contributed by atoms with van der Waals surface area (Å²) < 4.78 is 0. The van der Waals surface area contributed by atoms with Gasteiger partial charge in [-0.25, -0.2) is 4.79 Å². The Hall–Kier alpha value is -1.88. The van der Waals surface area contributed by atoms with Crippen molar-refractivity contribution in [3.8, 4) is 0 Å². The number of nitrogens with two attached hydrogens (primary N) is 1. The first-order chi connectivity index (χ1) is 7.65. The molecule has 0 saturated carbocycles. The van der Waals surface area contributed by atoms with Crippen LogP contribution in [-0.4, -0.2) is 30.1 Å². The fraction of sp³-hybridized carbons (Fsp3) is 0.273. The zero-order valence-corrected chi connectivity index (χ0v) is 8.77. The molecule has 0 unspecified atom stereocenters. The standard InChI is InChI=1S/C11H14N2O3/c12-5-2-6-13-10(14)8-3-1-4-9(7-8)11(15)16/h1,3-4,7H,2,5-6,12H2,(H,13,14)(H,15,16). The fourth-order valence-corrected chi connectivity index (χ4v) is 1.20. The van der Waals surface area contributed by atoms with E-state index in [4.69, 9.17) is 10.8 Å². The van der Waals surface area contributed by atoms with Crippen LogP contribution in [-0.2, 0) is 0 Å². The van der Waals surface area contributed by atoms with E-state index in [0.29, 0.717) is 25.1 Å². The van der Waals surface area contributed by atoms with Crippen LogP contribution in [0.4, 0.5) is 0 Å². The fourth-order valence-electron chi connectivity index (χ4n) is 1.20. The summed E-state index contributed by atoms with van der Waals surface area (Å²) in [5.74, 6) is -1.33. The molecule has 1 rings (SSSR count). The lowest BCUT2D eigenvalue weighted by Crippen LogP contribution is -2.26. The van der Waals surface area contributed by atoms with Crippen LogP contribution in [0.1, 0.15) is 27.1 Å². The summed E-state index contributed by atoms with van der Waals surface area (Å²) in [7, 11) is 0. The Kier molecular flexibility index (Phi) is 4.47. The van der Waals surface area contributed by atoms with Gasteiger partial charge in [-0.05, 0) is 31.2 Å². The Bertz CT molecular complexity index is 391. The maximum absolute atomic E-state index is 11.5. The Balaban J connectivity index is 2.68. The van der Waals surface area contributed by atoms with Crippen LogP contribution in [0.25, 0.3) is 0 Å². The number of carbonyl (C=O) groups is 2. The molecule has 1 aromatic rings. The van der Waals surface area contributed by atoms with Gasteiger partial charge in [0.1, 0.15) is 0 Å². The van der Waals surface area contributed by atoms with Crippen molar-refractivity contribution in [2.24, 2.45) is 5.73 Å². The SMILES string of the molecule is NCCCNC(=O)c1cccc(C(=O)O)c1. The second kappa shape index (κ2) is 5.87. The number of hydrogen-bond acceptors (Lipinski definition) is 3. The van der Waals surface area contributed by atoms with Crippen LogP contribution in [0.2, 0.25) is 0 Å². The van der Waals surface area contributed by atoms with Crippen LogP contribution in [0, 0.1) is 0 Å². The molecule has 5 nitrogen and oxygen atoms in total. The first kappa shape index (κ1) is 12.2. The molecule has 0 aliphatic carbocycles. The van der Waals surface area contributed by atoms with Crippen LogP contribution in [0.5, 0.6) is 0 Å². The molecule has 1 aromatic carbocycles. The number of hydrogen-bond donors (Lipinski definition) is 3. The van der Waals surface area contributed by atoms with Crippen molar-refractivity contribution in [2.45, 2.75) is 6.42 Å². The smallest absolute Gasteiger partial charge is 0.335 e. The molecule has 0 saturated heterocycles. The van der Waals surface area contributed by atoms with Gasteiger partial charge in [0, 0.05) is 12.1 Å². The predicted molar refractivity (Wildman–Crippen MR) is 59.4 cm³/mol. The zero-order chi connectivity index (χ0) is 12.0. The van der Waals surface area contributed by atoms with E-state index in [2.05, 4.69) is 5.32 Å². The molecule has 1 amide bonds. The third-order valence-electron chi connectivity index (χ3n) is 2.04. The molecule has 86 valence electrons. The summed E-state index contributed by atoms with van der Waals surface area (Å²) in [5.41, 5.74) is 5.74. The lowest BCUT2D eigenvalue weighted by Gasteiger charge is -2.04. The topological polar surface area (TPSA) is 92.4 Å². The Labute approximate surface area is 93.3 Å². The first-order valence-electron chi connectivity index (χ1n) is 4.97. The molecular weight excluding hydrogens is 208 g/mol. The molecule has 0 radical (unpaired) electrons. The molecular formula is C11H14N2O3. The van der Waals surface area contributed by atoms with Gasteiger partial charge in [0.05, 0.1) is 5.56 Å². The summed E-state index contributed by atoms with van der Waals surface area (Å²) in [6, 6.07) is 5.91. The van der Waals surface area contributed by atoms with Gasteiger partial charge < -0.3 is 16.2 Å². The van der Waals surface area contributed by atoms with Crippen molar-refractivity contribution >= 4 is 11.9 Å². The quantitative estimate of drug-likeness (QED) is 0.631. The van der Waals surface area contributed by atoms with Gasteiger partial charge in [-0.3, -0.25) is 4.79 Å². The number of carbonyl (C=O) groups excluding carboxylic acids is 1. The molecule has 5 heteroatoms. The van der Waals surface area contributed by atoms with E-state index in [-0.39, 0.29) is 11.5 Å².